The number of benzene rings is 2. The quantitative estimate of drug-likeness (QED) is 0.701. The largest absolute Gasteiger partial charge is 0.497 e. The van der Waals surface area contributed by atoms with Crippen molar-refractivity contribution in [1.29, 1.82) is 0 Å². The zero-order valence-electron chi connectivity index (χ0n) is 15.4. The lowest BCUT2D eigenvalue weighted by molar-refractivity contribution is 0.414. The van der Waals surface area contributed by atoms with Crippen LogP contribution in [-0.2, 0) is 16.4 Å². The zero-order valence-corrected chi connectivity index (χ0v) is 16.2. The molecule has 7 heteroatoms. The predicted octanol–water partition coefficient (Wildman–Crippen LogP) is 3.55. The molecule has 3 rings (SSSR count). The molecule has 0 saturated heterocycles. The molecule has 0 radical (unpaired) electrons. The first-order chi connectivity index (χ1) is 12.9. The number of hydrogen-bond donors (Lipinski definition) is 1. The van der Waals surface area contributed by atoms with Crippen LogP contribution < -0.4 is 10.1 Å². The van der Waals surface area contributed by atoms with Gasteiger partial charge in [0.25, 0.3) is 0 Å². The van der Waals surface area contributed by atoms with Crippen LogP contribution in [0.5, 0.6) is 5.75 Å². The first-order valence-corrected chi connectivity index (χ1v) is 9.91. The molecule has 0 fully saturated rings. The third kappa shape index (κ3) is 4.25. The Bertz CT molecular complexity index is 1050. The Morgan fingerprint density at radius 1 is 0.963 bits per heavy atom. The Balaban J connectivity index is 1.75. The molecule has 140 valence electrons. The lowest BCUT2D eigenvalue weighted by atomic mass is 10.1. The normalized spacial score (nSPS) is 11.2. The van der Waals surface area contributed by atoms with Crippen molar-refractivity contribution in [3.05, 3.63) is 71.3 Å². The molecule has 1 N–H and O–H groups in total. The highest BCUT2D eigenvalue weighted by Crippen LogP contribution is 2.22. The predicted molar refractivity (Wildman–Crippen MR) is 104 cm³/mol. The van der Waals surface area contributed by atoms with Gasteiger partial charge in [-0.15, -0.1) is 10.2 Å². The maximum absolute atomic E-state index is 12.7. The monoisotopic (exact) mass is 383 g/mol. The molecule has 6 nitrogen and oxygen atoms in total. The van der Waals surface area contributed by atoms with Crippen LogP contribution in [0, 0.1) is 13.8 Å². The summed E-state index contributed by atoms with van der Waals surface area (Å²) in [5.41, 5.74) is 2.97. The molecule has 0 amide bonds. The summed E-state index contributed by atoms with van der Waals surface area (Å²) in [6.45, 7) is 4.34. The van der Waals surface area contributed by atoms with Crippen molar-refractivity contribution in [1.82, 2.24) is 10.2 Å². The van der Waals surface area contributed by atoms with E-state index in [-0.39, 0.29) is 9.92 Å². The van der Waals surface area contributed by atoms with Crippen LogP contribution in [0.25, 0.3) is 0 Å². The topological polar surface area (TPSA) is 81.2 Å². The van der Waals surface area contributed by atoms with Gasteiger partial charge >= 0.3 is 0 Å². The van der Waals surface area contributed by atoms with E-state index in [1.165, 1.54) is 6.07 Å². The van der Waals surface area contributed by atoms with E-state index in [2.05, 4.69) is 15.5 Å². The third-order valence-electron chi connectivity index (χ3n) is 4.31. The second-order valence-corrected chi connectivity index (χ2v) is 8.11. The van der Waals surface area contributed by atoms with Crippen molar-refractivity contribution < 1.29 is 13.2 Å². The summed E-state index contributed by atoms with van der Waals surface area (Å²) >= 11 is 0. The number of sulfone groups is 1. The summed E-state index contributed by atoms with van der Waals surface area (Å²) in [6.07, 6.45) is 0. The third-order valence-corrected chi connectivity index (χ3v) is 5.95. The van der Waals surface area contributed by atoms with Crippen molar-refractivity contribution in [2.24, 2.45) is 0 Å². The van der Waals surface area contributed by atoms with Gasteiger partial charge in [-0.3, -0.25) is 0 Å². The number of anilines is 1. The van der Waals surface area contributed by atoms with Crippen LogP contribution in [0.2, 0.25) is 0 Å². The molecule has 2 aromatic carbocycles. The highest BCUT2D eigenvalue weighted by molar-refractivity contribution is 7.91. The fraction of sp³-hybridized carbons (Fsp3) is 0.200. The lowest BCUT2D eigenvalue weighted by Crippen LogP contribution is -2.08. The summed E-state index contributed by atoms with van der Waals surface area (Å²) in [7, 11) is -2.07. The molecule has 0 aliphatic carbocycles. The van der Waals surface area contributed by atoms with Gasteiger partial charge in [-0.05, 0) is 66.9 Å². The lowest BCUT2D eigenvalue weighted by Gasteiger charge is -2.08. The highest BCUT2D eigenvalue weighted by atomic mass is 32.2. The number of hydrogen-bond acceptors (Lipinski definition) is 6. The standard InChI is InChI=1S/C20H21N3O3S/c1-14-7-8-18(11-15(14)2)27(24,25)20-10-9-19(22-23-20)21-13-16-5-4-6-17(12-16)26-3/h4-12H,13H2,1-3H3,(H,21,22). The second kappa shape index (κ2) is 7.75. The summed E-state index contributed by atoms with van der Waals surface area (Å²) in [6, 6.07) is 15.8. The van der Waals surface area contributed by atoms with Gasteiger partial charge in [0.1, 0.15) is 11.6 Å². The first kappa shape index (κ1) is 18.8. The van der Waals surface area contributed by atoms with Gasteiger partial charge in [0, 0.05) is 6.54 Å². The minimum atomic E-state index is -3.69. The van der Waals surface area contributed by atoms with E-state index < -0.39 is 9.84 Å². The summed E-state index contributed by atoms with van der Waals surface area (Å²) in [5, 5.41) is 10.9. The van der Waals surface area contributed by atoms with Crippen LogP contribution in [0.1, 0.15) is 16.7 Å². The van der Waals surface area contributed by atoms with Gasteiger partial charge in [0.15, 0.2) is 5.03 Å². The Morgan fingerprint density at radius 3 is 2.44 bits per heavy atom. The SMILES string of the molecule is COc1cccc(CNc2ccc(S(=O)(=O)c3ccc(C)c(C)c3)nn2)c1. The van der Waals surface area contributed by atoms with E-state index >= 15 is 0 Å². The van der Waals surface area contributed by atoms with Gasteiger partial charge in [0.05, 0.1) is 12.0 Å². The van der Waals surface area contributed by atoms with E-state index in [0.717, 1.165) is 22.4 Å². The fourth-order valence-corrected chi connectivity index (χ4v) is 3.75. The van der Waals surface area contributed by atoms with Crippen molar-refractivity contribution in [3.8, 4) is 5.75 Å². The van der Waals surface area contributed by atoms with Crippen LogP contribution in [0.4, 0.5) is 5.82 Å². The molecule has 1 heterocycles. The summed E-state index contributed by atoms with van der Waals surface area (Å²) in [5.74, 6) is 1.27. The first-order valence-electron chi connectivity index (χ1n) is 8.43. The van der Waals surface area contributed by atoms with Crippen LogP contribution in [0.3, 0.4) is 0 Å². The fourth-order valence-electron chi connectivity index (χ4n) is 2.53. The molecule has 3 aromatic rings. The average Bonchev–Trinajstić information content (AvgIpc) is 2.69. The number of aryl methyl sites for hydroxylation is 2. The molecule has 0 atom stereocenters. The van der Waals surface area contributed by atoms with E-state index in [1.54, 1.807) is 31.4 Å². The van der Waals surface area contributed by atoms with Crippen molar-refractivity contribution in [2.75, 3.05) is 12.4 Å². The van der Waals surface area contributed by atoms with E-state index in [1.807, 2.05) is 38.1 Å². The molecular formula is C20H21N3O3S. The zero-order chi connectivity index (χ0) is 19.4. The molecule has 0 aliphatic heterocycles. The van der Waals surface area contributed by atoms with E-state index in [4.69, 9.17) is 4.74 Å². The Kier molecular flexibility index (Phi) is 5.41. The molecule has 1 aromatic heterocycles. The number of methoxy groups -OCH3 is 1. The second-order valence-electron chi connectivity index (χ2n) is 6.21. The molecule has 0 unspecified atom stereocenters. The molecule has 0 saturated carbocycles. The average molecular weight is 383 g/mol. The maximum atomic E-state index is 12.7. The Hall–Kier alpha value is -2.93. The minimum absolute atomic E-state index is 0.0716. The molecule has 27 heavy (non-hydrogen) atoms. The van der Waals surface area contributed by atoms with Crippen LogP contribution in [-0.4, -0.2) is 25.7 Å². The van der Waals surface area contributed by atoms with Gasteiger partial charge in [-0.2, -0.15) is 0 Å². The maximum Gasteiger partial charge on any atom is 0.225 e. The Labute approximate surface area is 159 Å². The molecule has 0 spiro atoms. The summed E-state index contributed by atoms with van der Waals surface area (Å²) < 4.78 is 30.6. The summed E-state index contributed by atoms with van der Waals surface area (Å²) in [4.78, 5) is 0.219. The van der Waals surface area contributed by atoms with Gasteiger partial charge < -0.3 is 10.1 Å². The number of rotatable bonds is 6. The molecule has 0 aliphatic rings. The van der Waals surface area contributed by atoms with Crippen LogP contribution >= 0.6 is 0 Å². The highest BCUT2D eigenvalue weighted by Gasteiger charge is 2.20. The van der Waals surface area contributed by atoms with Crippen molar-refractivity contribution in [3.63, 3.8) is 0 Å². The smallest absolute Gasteiger partial charge is 0.225 e. The van der Waals surface area contributed by atoms with Gasteiger partial charge in [-0.1, -0.05) is 18.2 Å². The van der Waals surface area contributed by atoms with Crippen molar-refractivity contribution >= 4 is 15.7 Å². The number of nitrogens with zero attached hydrogens (tertiary/aromatic N) is 2. The molecule has 0 bridgehead atoms. The van der Waals surface area contributed by atoms with Crippen molar-refractivity contribution in [2.45, 2.75) is 30.3 Å². The van der Waals surface area contributed by atoms with E-state index in [0.29, 0.717) is 12.4 Å². The number of ether oxygens (including phenoxy) is 1. The van der Waals surface area contributed by atoms with Crippen LogP contribution in [0.15, 0.2) is 64.5 Å². The molecular weight excluding hydrogens is 362 g/mol. The van der Waals surface area contributed by atoms with Gasteiger partial charge in [-0.25, -0.2) is 8.42 Å². The number of nitrogens with one attached hydrogen (secondary N) is 1. The van der Waals surface area contributed by atoms with Gasteiger partial charge in [0.2, 0.25) is 9.84 Å². The Morgan fingerprint density at radius 2 is 1.78 bits per heavy atom. The number of aromatic nitrogens is 2. The van der Waals surface area contributed by atoms with E-state index in [9.17, 15) is 8.42 Å². The minimum Gasteiger partial charge on any atom is -0.497 e.